The van der Waals surface area contributed by atoms with Gasteiger partial charge in [-0.15, -0.1) is 0 Å². The van der Waals surface area contributed by atoms with Crippen LogP contribution in [0.2, 0.25) is 0 Å². The lowest BCUT2D eigenvalue weighted by molar-refractivity contribution is 0.616. The highest BCUT2D eigenvalue weighted by Crippen LogP contribution is 2.27. The van der Waals surface area contributed by atoms with E-state index in [9.17, 15) is 4.79 Å². The number of H-pyrrole nitrogens is 1. The molecular formula is C9H12N2OS2. The van der Waals surface area contributed by atoms with Crippen molar-refractivity contribution in [2.24, 2.45) is 0 Å². The molecule has 0 amide bonds. The zero-order valence-corrected chi connectivity index (χ0v) is 9.37. The van der Waals surface area contributed by atoms with Crippen molar-refractivity contribution >= 4 is 24.0 Å². The first-order valence-electron chi connectivity index (χ1n) is 4.67. The molecule has 2 heterocycles. The van der Waals surface area contributed by atoms with E-state index in [0.717, 1.165) is 6.54 Å². The van der Waals surface area contributed by atoms with E-state index >= 15 is 0 Å². The van der Waals surface area contributed by atoms with Gasteiger partial charge in [0.2, 0.25) is 0 Å². The highest BCUT2D eigenvalue weighted by Gasteiger charge is 2.15. The second-order valence-corrected chi connectivity index (χ2v) is 5.19. The molecule has 1 aliphatic heterocycles. The monoisotopic (exact) mass is 228 g/mol. The first-order valence-corrected chi connectivity index (χ1v) is 6.13. The predicted octanol–water partition coefficient (Wildman–Crippen LogP) is 1.80. The van der Waals surface area contributed by atoms with Crippen LogP contribution in [0.25, 0.3) is 0 Å². The highest BCUT2D eigenvalue weighted by molar-refractivity contribution is 8.00. The summed E-state index contributed by atoms with van der Waals surface area (Å²) in [4.78, 5) is 13.6. The summed E-state index contributed by atoms with van der Waals surface area (Å²) in [5, 5.41) is 0.660. The third-order valence-electron chi connectivity index (χ3n) is 2.32. The second kappa shape index (κ2) is 4.31. The summed E-state index contributed by atoms with van der Waals surface area (Å²) >= 11 is 7.06. The van der Waals surface area contributed by atoms with Gasteiger partial charge < -0.3 is 4.57 Å². The molecule has 1 aromatic rings. The van der Waals surface area contributed by atoms with Crippen molar-refractivity contribution in [3.63, 3.8) is 0 Å². The molecule has 0 bridgehead atoms. The number of aromatic amines is 1. The lowest BCUT2D eigenvalue weighted by atomic mass is 10.2. The number of thioether (sulfide) groups is 1. The van der Waals surface area contributed by atoms with Crippen LogP contribution in [0, 0.1) is 4.77 Å². The smallest absolute Gasteiger partial charge is 0.251 e. The molecule has 0 radical (unpaired) electrons. The van der Waals surface area contributed by atoms with Crippen molar-refractivity contribution in [3.8, 4) is 0 Å². The van der Waals surface area contributed by atoms with Gasteiger partial charge in [0, 0.05) is 24.1 Å². The molecule has 1 fully saturated rings. The Bertz CT molecular complexity index is 417. The maximum absolute atomic E-state index is 10.9. The lowest BCUT2D eigenvalue weighted by Gasteiger charge is -2.10. The van der Waals surface area contributed by atoms with Gasteiger partial charge in [-0.2, -0.15) is 11.8 Å². The molecule has 1 aliphatic rings. The molecule has 0 spiro atoms. The Hall–Kier alpha value is -0.550. The van der Waals surface area contributed by atoms with Crippen LogP contribution in [0.5, 0.6) is 0 Å². The first-order chi connectivity index (χ1) is 6.75. The predicted molar refractivity (Wildman–Crippen MR) is 61.4 cm³/mol. The van der Waals surface area contributed by atoms with Crippen LogP contribution in [0.15, 0.2) is 17.1 Å². The van der Waals surface area contributed by atoms with E-state index in [1.807, 2.05) is 16.3 Å². The molecule has 5 heteroatoms. The Morgan fingerprint density at radius 3 is 3.21 bits per heavy atom. The van der Waals surface area contributed by atoms with Crippen molar-refractivity contribution in [1.82, 2.24) is 9.55 Å². The standard InChI is InChI=1S/C9H12N2OS2/c12-8-3-4-11(9(13)10-8)6-7-2-1-5-14-7/h3-4,7H,1-2,5-6H2,(H,10,12,13). The summed E-state index contributed by atoms with van der Waals surface area (Å²) in [6.07, 6.45) is 4.33. The Kier molecular flexibility index (Phi) is 3.08. The molecule has 0 saturated carbocycles. The van der Waals surface area contributed by atoms with Crippen LogP contribution < -0.4 is 5.56 Å². The Morgan fingerprint density at radius 1 is 1.71 bits per heavy atom. The van der Waals surface area contributed by atoms with E-state index in [1.54, 1.807) is 6.20 Å². The Labute approximate surface area is 91.5 Å². The minimum Gasteiger partial charge on any atom is -0.324 e. The van der Waals surface area contributed by atoms with Crippen molar-refractivity contribution in [3.05, 3.63) is 27.4 Å². The zero-order chi connectivity index (χ0) is 9.97. The maximum Gasteiger partial charge on any atom is 0.251 e. The molecular weight excluding hydrogens is 216 g/mol. The van der Waals surface area contributed by atoms with E-state index in [-0.39, 0.29) is 5.56 Å². The van der Waals surface area contributed by atoms with Gasteiger partial charge in [-0.1, -0.05) is 0 Å². The molecule has 1 atom stereocenters. The normalized spacial score (nSPS) is 21.3. The van der Waals surface area contributed by atoms with Crippen LogP contribution >= 0.6 is 24.0 Å². The number of nitrogens with one attached hydrogen (secondary N) is 1. The van der Waals surface area contributed by atoms with Crippen LogP contribution in [0.1, 0.15) is 12.8 Å². The van der Waals surface area contributed by atoms with Crippen LogP contribution in [-0.2, 0) is 6.54 Å². The number of hydrogen-bond donors (Lipinski definition) is 1. The molecule has 1 saturated heterocycles. The number of rotatable bonds is 2. The topological polar surface area (TPSA) is 37.8 Å². The van der Waals surface area contributed by atoms with Gasteiger partial charge in [-0.3, -0.25) is 9.78 Å². The summed E-state index contributed by atoms with van der Waals surface area (Å²) in [5.41, 5.74) is -0.120. The SMILES string of the molecule is O=c1ccn(CC2CCCS2)c(=S)[nH]1. The molecule has 14 heavy (non-hydrogen) atoms. The lowest BCUT2D eigenvalue weighted by Crippen LogP contribution is -2.16. The molecule has 3 nitrogen and oxygen atoms in total. The zero-order valence-electron chi connectivity index (χ0n) is 7.73. The van der Waals surface area contributed by atoms with E-state index in [0.29, 0.717) is 10.0 Å². The first kappa shape index (κ1) is 9.98. The van der Waals surface area contributed by atoms with Gasteiger partial charge in [-0.25, -0.2) is 0 Å². The third kappa shape index (κ3) is 2.27. The summed E-state index contributed by atoms with van der Waals surface area (Å²) in [7, 11) is 0. The number of aromatic nitrogens is 2. The van der Waals surface area contributed by atoms with Crippen LogP contribution in [0.3, 0.4) is 0 Å². The van der Waals surface area contributed by atoms with E-state index in [2.05, 4.69) is 4.98 Å². The van der Waals surface area contributed by atoms with E-state index in [4.69, 9.17) is 12.2 Å². The van der Waals surface area contributed by atoms with Gasteiger partial charge in [0.1, 0.15) is 0 Å². The van der Waals surface area contributed by atoms with Gasteiger partial charge >= 0.3 is 0 Å². The van der Waals surface area contributed by atoms with Crippen LogP contribution in [0.4, 0.5) is 0 Å². The molecule has 0 aromatic carbocycles. The van der Waals surface area contributed by atoms with Gasteiger partial charge in [0.15, 0.2) is 4.77 Å². The summed E-state index contributed by atoms with van der Waals surface area (Å²) in [6.45, 7) is 0.917. The fraction of sp³-hybridized carbons (Fsp3) is 0.556. The molecule has 76 valence electrons. The van der Waals surface area contributed by atoms with Gasteiger partial charge in [-0.05, 0) is 30.8 Å². The maximum atomic E-state index is 10.9. The average Bonchev–Trinajstić information content (AvgIpc) is 2.62. The second-order valence-electron chi connectivity index (χ2n) is 3.40. The van der Waals surface area contributed by atoms with Crippen molar-refractivity contribution in [2.75, 3.05) is 5.75 Å². The van der Waals surface area contributed by atoms with Crippen molar-refractivity contribution < 1.29 is 0 Å². The molecule has 1 aromatic heterocycles. The summed E-state index contributed by atoms with van der Waals surface area (Å²) in [5.74, 6) is 1.25. The Balaban J connectivity index is 2.16. The molecule has 1 N–H and O–H groups in total. The van der Waals surface area contributed by atoms with Gasteiger partial charge in [0.25, 0.3) is 5.56 Å². The summed E-state index contributed by atoms with van der Waals surface area (Å²) < 4.78 is 2.48. The largest absolute Gasteiger partial charge is 0.324 e. The minimum absolute atomic E-state index is 0.120. The van der Waals surface area contributed by atoms with Crippen LogP contribution in [-0.4, -0.2) is 20.6 Å². The quantitative estimate of drug-likeness (QED) is 0.784. The summed E-state index contributed by atoms with van der Waals surface area (Å²) in [6, 6.07) is 1.52. The Morgan fingerprint density at radius 2 is 2.57 bits per heavy atom. The third-order valence-corrected chi connectivity index (χ3v) is 4.04. The van der Waals surface area contributed by atoms with E-state index in [1.165, 1.54) is 24.7 Å². The average molecular weight is 228 g/mol. The van der Waals surface area contributed by atoms with Crippen molar-refractivity contribution in [1.29, 1.82) is 0 Å². The highest BCUT2D eigenvalue weighted by atomic mass is 32.2. The fourth-order valence-electron chi connectivity index (χ4n) is 1.60. The minimum atomic E-state index is -0.120. The number of hydrogen-bond acceptors (Lipinski definition) is 3. The van der Waals surface area contributed by atoms with Crippen molar-refractivity contribution in [2.45, 2.75) is 24.6 Å². The van der Waals surface area contributed by atoms with Gasteiger partial charge in [0.05, 0.1) is 0 Å². The number of nitrogens with zero attached hydrogens (tertiary/aromatic N) is 1. The molecule has 1 unspecified atom stereocenters. The van der Waals surface area contributed by atoms with E-state index < -0.39 is 0 Å². The molecule has 0 aliphatic carbocycles. The fourth-order valence-corrected chi connectivity index (χ4v) is 3.10. The molecule has 2 rings (SSSR count).